The predicted octanol–water partition coefficient (Wildman–Crippen LogP) is 3.81. The van der Waals surface area contributed by atoms with Crippen LogP contribution in [0.5, 0.6) is 0 Å². The van der Waals surface area contributed by atoms with Crippen LogP contribution in [0.1, 0.15) is 31.1 Å². The van der Waals surface area contributed by atoms with E-state index in [0.717, 1.165) is 10.9 Å². The van der Waals surface area contributed by atoms with E-state index in [1.807, 2.05) is 31.2 Å². The van der Waals surface area contributed by atoms with Crippen molar-refractivity contribution in [3.8, 4) is 0 Å². The molecule has 18 heavy (non-hydrogen) atoms. The Bertz CT molecular complexity index is 572. The number of fused-ring (bicyclic) bond motifs is 1. The summed E-state index contributed by atoms with van der Waals surface area (Å²) in [5.74, 6) is 0.0471. The summed E-state index contributed by atoms with van der Waals surface area (Å²) in [4.78, 5) is 11.7. The second kappa shape index (κ2) is 5.32. The van der Waals surface area contributed by atoms with Crippen molar-refractivity contribution in [3.63, 3.8) is 0 Å². The second-order valence-electron chi connectivity index (χ2n) is 4.46. The van der Waals surface area contributed by atoms with Gasteiger partial charge in [0.2, 0.25) is 0 Å². The molecule has 2 nitrogen and oxygen atoms in total. The van der Waals surface area contributed by atoms with Crippen molar-refractivity contribution in [2.24, 2.45) is 0 Å². The summed E-state index contributed by atoms with van der Waals surface area (Å²) in [6, 6.07) is 12.2. The lowest BCUT2D eigenvalue weighted by Crippen LogP contribution is -2.13. The van der Waals surface area contributed by atoms with Crippen molar-refractivity contribution in [3.05, 3.63) is 47.5 Å². The molecule has 2 aromatic rings. The number of aryl methyl sites for hydroxylation is 1. The third kappa shape index (κ3) is 2.29. The summed E-state index contributed by atoms with van der Waals surface area (Å²) in [5, 5.41) is 2.28. The fourth-order valence-electron chi connectivity index (χ4n) is 2.31. The third-order valence-electron chi connectivity index (χ3n) is 3.16. The molecule has 0 aliphatic carbocycles. The van der Waals surface area contributed by atoms with Crippen molar-refractivity contribution >= 4 is 16.6 Å². The summed E-state index contributed by atoms with van der Waals surface area (Å²) in [6.45, 7) is 6.10. The summed E-state index contributed by atoms with van der Waals surface area (Å²) in [7, 11) is 0. The van der Waals surface area contributed by atoms with Gasteiger partial charge >= 0.3 is 0 Å². The van der Waals surface area contributed by atoms with Crippen molar-refractivity contribution in [1.29, 1.82) is 0 Å². The first-order chi connectivity index (χ1) is 8.65. The van der Waals surface area contributed by atoms with Crippen molar-refractivity contribution < 1.29 is 9.53 Å². The fourth-order valence-corrected chi connectivity index (χ4v) is 2.31. The van der Waals surface area contributed by atoms with Crippen LogP contribution in [-0.4, -0.2) is 12.4 Å². The average molecular weight is 242 g/mol. The first-order valence-corrected chi connectivity index (χ1v) is 6.25. The largest absolute Gasteiger partial charge is 0.366 e. The highest BCUT2D eigenvalue weighted by atomic mass is 16.5. The molecule has 0 fully saturated rings. The predicted molar refractivity (Wildman–Crippen MR) is 73.7 cm³/mol. The molecule has 0 heterocycles. The minimum atomic E-state index is -0.458. The van der Waals surface area contributed by atoms with Crippen LogP contribution in [0.2, 0.25) is 0 Å². The van der Waals surface area contributed by atoms with Crippen molar-refractivity contribution in [2.75, 3.05) is 6.61 Å². The van der Waals surface area contributed by atoms with E-state index in [1.54, 1.807) is 6.92 Å². The normalized spacial score (nSPS) is 12.6. The maximum Gasteiger partial charge on any atom is 0.163 e. The molecule has 2 rings (SSSR count). The molecule has 2 aromatic carbocycles. The number of ether oxygens (including phenoxy) is 1. The Kier molecular flexibility index (Phi) is 3.78. The Morgan fingerprint density at radius 1 is 1.17 bits per heavy atom. The van der Waals surface area contributed by atoms with Gasteiger partial charge in [-0.3, -0.25) is 4.79 Å². The van der Waals surface area contributed by atoms with Crippen LogP contribution in [0.3, 0.4) is 0 Å². The highest BCUT2D eigenvalue weighted by molar-refractivity contribution is 5.93. The van der Waals surface area contributed by atoms with Crippen LogP contribution in [-0.2, 0) is 9.53 Å². The molecule has 0 saturated heterocycles. The Morgan fingerprint density at radius 2 is 1.83 bits per heavy atom. The van der Waals surface area contributed by atoms with Crippen LogP contribution in [0.4, 0.5) is 0 Å². The highest BCUT2D eigenvalue weighted by Gasteiger charge is 2.19. The van der Waals surface area contributed by atoms with Gasteiger partial charge in [0.05, 0.1) is 0 Å². The topological polar surface area (TPSA) is 26.3 Å². The van der Waals surface area contributed by atoms with E-state index in [0.29, 0.717) is 6.61 Å². The van der Waals surface area contributed by atoms with Gasteiger partial charge in [-0.1, -0.05) is 36.4 Å². The number of carbonyl (C=O) groups excluding carboxylic acids is 1. The molecule has 0 aliphatic heterocycles. The van der Waals surface area contributed by atoms with E-state index in [4.69, 9.17) is 4.74 Å². The van der Waals surface area contributed by atoms with Gasteiger partial charge in [0.15, 0.2) is 5.78 Å². The highest BCUT2D eigenvalue weighted by Crippen LogP contribution is 2.28. The fraction of sp³-hybridized carbons (Fsp3) is 0.312. The zero-order valence-electron chi connectivity index (χ0n) is 11.1. The number of rotatable bonds is 4. The van der Waals surface area contributed by atoms with Crippen molar-refractivity contribution in [2.45, 2.75) is 26.9 Å². The standard InChI is InChI=1S/C16H18O2/c1-4-18-16(12(3)17)15-10-6-8-13-11(2)7-5-9-14(13)15/h5-10,16H,4H2,1-3H3. The maximum absolute atomic E-state index is 11.7. The van der Waals surface area contributed by atoms with Gasteiger partial charge in [-0.25, -0.2) is 0 Å². The zero-order chi connectivity index (χ0) is 13.1. The lowest BCUT2D eigenvalue weighted by atomic mass is 9.96. The van der Waals surface area contributed by atoms with Crippen LogP contribution in [0.25, 0.3) is 10.8 Å². The number of carbonyl (C=O) groups is 1. The van der Waals surface area contributed by atoms with Crippen LogP contribution < -0.4 is 0 Å². The minimum absolute atomic E-state index is 0.0471. The number of hydrogen-bond acceptors (Lipinski definition) is 2. The Labute approximate surface area is 108 Å². The smallest absolute Gasteiger partial charge is 0.163 e. The third-order valence-corrected chi connectivity index (χ3v) is 3.16. The molecule has 0 spiro atoms. The van der Waals surface area contributed by atoms with E-state index < -0.39 is 6.10 Å². The van der Waals surface area contributed by atoms with E-state index in [2.05, 4.69) is 19.1 Å². The molecule has 0 aliphatic rings. The zero-order valence-corrected chi connectivity index (χ0v) is 11.1. The molecule has 1 atom stereocenters. The first-order valence-electron chi connectivity index (χ1n) is 6.25. The maximum atomic E-state index is 11.7. The molecule has 0 radical (unpaired) electrons. The number of benzene rings is 2. The van der Waals surface area contributed by atoms with Crippen molar-refractivity contribution in [1.82, 2.24) is 0 Å². The average Bonchev–Trinajstić information content (AvgIpc) is 2.36. The Hall–Kier alpha value is -1.67. The Morgan fingerprint density at radius 3 is 2.50 bits per heavy atom. The lowest BCUT2D eigenvalue weighted by Gasteiger charge is -2.17. The van der Waals surface area contributed by atoms with E-state index in [9.17, 15) is 4.79 Å². The van der Waals surface area contributed by atoms with Gasteiger partial charge in [-0.2, -0.15) is 0 Å². The monoisotopic (exact) mass is 242 g/mol. The van der Waals surface area contributed by atoms with Crippen LogP contribution in [0.15, 0.2) is 36.4 Å². The second-order valence-corrected chi connectivity index (χ2v) is 4.46. The van der Waals surface area contributed by atoms with Gasteiger partial charge < -0.3 is 4.74 Å². The van der Waals surface area contributed by atoms with Gasteiger partial charge in [0.25, 0.3) is 0 Å². The molecule has 0 amide bonds. The van der Waals surface area contributed by atoms with E-state index in [1.165, 1.54) is 10.9 Å². The van der Waals surface area contributed by atoms with E-state index in [-0.39, 0.29) is 5.78 Å². The first kappa shape index (κ1) is 12.8. The van der Waals surface area contributed by atoms with Gasteiger partial charge in [-0.15, -0.1) is 0 Å². The molecule has 2 heteroatoms. The van der Waals surface area contributed by atoms with Crippen LogP contribution in [0, 0.1) is 6.92 Å². The molecule has 94 valence electrons. The molecule has 0 N–H and O–H groups in total. The molecular weight excluding hydrogens is 224 g/mol. The summed E-state index contributed by atoms with van der Waals surface area (Å²) in [6.07, 6.45) is -0.458. The van der Waals surface area contributed by atoms with Gasteiger partial charge in [0.1, 0.15) is 6.10 Å². The molecule has 0 aromatic heterocycles. The van der Waals surface area contributed by atoms with Gasteiger partial charge in [-0.05, 0) is 42.7 Å². The summed E-state index contributed by atoms with van der Waals surface area (Å²) < 4.78 is 5.59. The number of hydrogen-bond donors (Lipinski definition) is 0. The SMILES string of the molecule is CCOC(C(C)=O)c1cccc2c(C)cccc12. The van der Waals surface area contributed by atoms with Crippen LogP contribution >= 0.6 is 0 Å². The summed E-state index contributed by atoms with van der Waals surface area (Å²) in [5.41, 5.74) is 2.18. The lowest BCUT2D eigenvalue weighted by molar-refractivity contribution is -0.128. The van der Waals surface area contributed by atoms with E-state index >= 15 is 0 Å². The quantitative estimate of drug-likeness (QED) is 0.814. The number of ketones is 1. The number of Topliss-reactive ketones (excluding diaryl/α,β-unsaturated/α-hetero) is 1. The molecule has 0 bridgehead atoms. The molecule has 1 unspecified atom stereocenters. The molecular formula is C16H18O2. The summed E-state index contributed by atoms with van der Waals surface area (Å²) >= 11 is 0. The molecule has 0 saturated carbocycles. The minimum Gasteiger partial charge on any atom is -0.366 e. The Balaban J connectivity index is 2.63. The van der Waals surface area contributed by atoms with Gasteiger partial charge in [0, 0.05) is 6.61 Å².